The summed E-state index contributed by atoms with van der Waals surface area (Å²) in [5.41, 5.74) is 13.0. The third kappa shape index (κ3) is 4.22. The minimum atomic E-state index is -0.0246. The monoisotopic (exact) mass is 467 g/mol. The van der Waals surface area contributed by atoms with Gasteiger partial charge in [-0.05, 0) is 83.6 Å². The molecular formula is C35H33N. The van der Waals surface area contributed by atoms with Crippen LogP contribution < -0.4 is 4.90 Å². The summed E-state index contributed by atoms with van der Waals surface area (Å²) in [6, 6.07) is 32.6. The number of nitrogens with zero attached hydrogens (tertiary/aromatic N) is 1. The third-order valence-corrected chi connectivity index (χ3v) is 7.30. The molecule has 5 rings (SSSR count). The van der Waals surface area contributed by atoms with Crippen LogP contribution in [0.25, 0.3) is 16.7 Å². The Labute approximate surface area is 215 Å². The quantitative estimate of drug-likeness (QED) is 0.255. The van der Waals surface area contributed by atoms with Crippen LogP contribution in [-0.4, -0.2) is 0 Å². The van der Waals surface area contributed by atoms with Gasteiger partial charge in [0.05, 0.1) is 0 Å². The lowest BCUT2D eigenvalue weighted by Gasteiger charge is -2.26. The highest BCUT2D eigenvalue weighted by Gasteiger charge is 2.35. The predicted octanol–water partition coefficient (Wildman–Crippen LogP) is 9.53. The molecular weight excluding hydrogens is 434 g/mol. The Morgan fingerprint density at radius 1 is 0.667 bits per heavy atom. The average molecular weight is 468 g/mol. The lowest BCUT2D eigenvalue weighted by molar-refractivity contribution is 0.660. The van der Waals surface area contributed by atoms with Crippen molar-refractivity contribution < 1.29 is 0 Å². The van der Waals surface area contributed by atoms with Gasteiger partial charge in [-0.1, -0.05) is 105 Å². The maximum Gasteiger partial charge on any atom is 0.0461 e. The average Bonchev–Trinajstić information content (AvgIpc) is 3.11. The van der Waals surface area contributed by atoms with E-state index < -0.39 is 0 Å². The number of allylic oxidation sites excluding steroid dienone is 3. The molecule has 0 bridgehead atoms. The van der Waals surface area contributed by atoms with Gasteiger partial charge in [-0.2, -0.15) is 0 Å². The molecule has 0 N–H and O–H groups in total. The molecule has 0 saturated carbocycles. The zero-order valence-corrected chi connectivity index (χ0v) is 21.7. The highest BCUT2D eigenvalue weighted by molar-refractivity contribution is 5.84. The van der Waals surface area contributed by atoms with Gasteiger partial charge in [0.2, 0.25) is 0 Å². The molecule has 178 valence electrons. The minimum absolute atomic E-state index is 0.0246. The van der Waals surface area contributed by atoms with Crippen molar-refractivity contribution in [2.24, 2.45) is 0 Å². The molecule has 36 heavy (non-hydrogen) atoms. The first-order valence-electron chi connectivity index (χ1n) is 12.5. The van der Waals surface area contributed by atoms with Crippen LogP contribution in [0.1, 0.15) is 41.7 Å². The Morgan fingerprint density at radius 3 is 1.83 bits per heavy atom. The van der Waals surface area contributed by atoms with Gasteiger partial charge in [0.1, 0.15) is 0 Å². The summed E-state index contributed by atoms with van der Waals surface area (Å²) in [5, 5.41) is 0. The van der Waals surface area contributed by atoms with E-state index in [4.69, 9.17) is 0 Å². The molecule has 0 unspecified atom stereocenters. The third-order valence-electron chi connectivity index (χ3n) is 7.30. The van der Waals surface area contributed by atoms with Crippen molar-refractivity contribution in [3.05, 3.63) is 150 Å². The zero-order valence-electron chi connectivity index (χ0n) is 21.7. The smallest absolute Gasteiger partial charge is 0.0461 e. The Balaban J connectivity index is 1.44. The number of hydrogen-bond donors (Lipinski definition) is 0. The molecule has 0 saturated heterocycles. The van der Waals surface area contributed by atoms with Gasteiger partial charge < -0.3 is 4.90 Å². The molecule has 4 aromatic rings. The molecule has 0 aliphatic heterocycles. The summed E-state index contributed by atoms with van der Waals surface area (Å²) in [6.07, 6.45) is 4.14. The number of anilines is 2. The molecule has 4 aromatic carbocycles. The van der Waals surface area contributed by atoms with E-state index in [2.05, 4.69) is 149 Å². The molecule has 1 nitrogen and oxygen atoms in total. The molecule has 0 spiro atoms. The highest BCUT2D eigenvalue weighted by Crippen LogP contribution is 2.49. The van der Waals surface area contributed by atoms with Crippen LogP contribution in [0.2, 0.25) is 0 Å². The van der Waals surface area contributed by atoms with E-state index in [-0.39, 0.29) is 5.41 Å². The van der Waals surface area contributed by atoms with E-state index in [0.717, 1.165) is 28.2 Å². The Hall–Kier alpha value is -4.10. The summed E-state index contributed by atoms with van der Waals surface area (Å²) in [6.45, 7) is 17.7. The fourth-order valence-corrected chi connectivity index (χ4v) is 5.14. The second-order valence-electron chi connectivity index (χ2n) is 10.3. The van der Waals surface area contributed by atoms with Crippen molar-refractivity contribution in [1.82, 2.24) is 0 Å². The number of aryl methyl sites for hydroxylation is 2. The molecule has 0 heterocycles. The van der Waals surface area contributed by atoms with E-state index >= 15 is 0 Å². The normalized spacial score (nSPS) is 13.3. The molecule has 0 amide bonds. The molecule has 1 aliphatic carbocycles. The Morgan fingerprint density at radius 2 is 1.22 bits per heavy atom. The zero-order chi connectivity index (χ0) is 25.4. The predicted molar refractivity (Wildman–Crippen MR) is 156 cm³/mol. The van der Waals surface area contributed by atoms with Crippen molar-refractivity contribution in [2.45, 2.75) is 33.1 Å². The molecule has 0 atom stereocenters. The van der Waals surface area contributed by atoms with Gasteiger partial charge in [0.25, 0.3) is 0 Å². The summed E-state index contributed by atoms with van der Waals surface area (Å²) in [7, 11) is 0. The fourth-order valence-electron chi connectivity index (χ4n) is 5.14. The molecule has 0 fully saturated rings. The van der Waals surface area contributed by atoms with Gasteiger partial charge in [-0.25, -0.2) is 0 Å². The SMILES string of the molecule is C=C(C=CC(=C)N(c1ccc(C)cc1)c1ccc(C)cc1)c1ccc2c(c1)C(C)(C)c1ccccc1-2. The minimum Gasteiger partial charge on any atom is -0.311 e. The first-order valence-corrected chi connectivity index (χ1v) is 12.5. The second kappa shape index (κ2) is 9.17. The highest BCUT2D eigenvalue weighted by atomic mass is 15.1. The number of rotatable bonds is 6. The largest absolute Gasteiger partial charge is 0.311 e. The van der Waals surface area contributed by atoms with E-state index in [0.29, 0.717) is 0 Å². The maximum absolute atomic E-state index is 4.42. The lowest BCUT2D eigenvalue weighted by Crippen LogP contribution is -2.15. The Bertz CT molecular complexity index is 1440. The summed E-state index contributed by atoms with van der Waals surface area (Å²) >= 11 is 0. The molecule has 1 heteroatoms. The molecule has 0 radical (unpaired) electrons. The van der Waals surface area contributed by atoms with Gasteiger partial charge >= 0.3 is 0 Å². The van der Waals surface area contributed by atoms with Crippen molar-refractivity contribution in [3.63, 3.8) is 0 Å². The van der Waals surface area contributed by atoms with Crippen LogP contribution in [0.3, 0.4) is 0 Å². The number of fused-ring (bicyclic) bond motifs is 3. The molecule has 1 aliphatic rings. The van der Waals surface area contributed by atoms with E-state index in [1.54, 1.807) is 0 Å². The van der Waals surface area contributed by atoms with Crippen LogP contribution >= 0.6 is 0 Å². The molecule has 0 aromatic heterocycles. The fraction of sp³-hybridized carbons (Fsp3) is 0.143. The van der Waals surface area contributed by atoms with Crippen LogP contribution in [0.5, 0.6) is 0 Å². The van der Waals surface area contributed by atoms with Crippen molar-refractivity contribution >= 4 is 16.9 Å². The van der Waals surface area contributed by atoms with E-state index in [9.17, 15) is 0 Å². The number of benzene rings is 4. The summed E-state index contributed by atoms with van der Waals surface area (Å²) in [5.74, 6) is 0. The van der Waals surface area contributed by atoms with E-state index in [1.165, 1.54) is 33.4 Å². The Kier molecular flexibility index (Phi) is 6.02. The van der Waals surface area contributed by atoms with Crippen molar-refractivity contribution in [3.8, 4) is 11.1 Å². The van der Waals surface area contributed by atoms with Gasteiger partial charge in [-0.3, -0.25) is 0 Å². The first-order chi connectivity index (χ1) is 17.3. The van der Waals surface area contributed by atoms with Gasteiger partial charge in [0.15, 0.2) is 0 Å². The topological polar surface area (TPSA) is 3.24 Å². The van der Waals surface area contributed by atoms with Crippen LogP contribution in [0.15, 0.2) is 122 Å². The van der Waals surface area contributed by atoms with Crippen molar-refractivity contribution in [1.29, 1.82) is 0 Å². The maximum atomic E-state index is 4.42. The van der Waals surface area contributed by atoms with Crippen LogP contribution in [-0.2, 0) is 5.41 Å². The lowest BCUT2D eigenvalue weighted by atomic mass is 9.81. The van der Waals surface area contributed by atoms with Gasteiger partial charge in [-0.15, -0.1) is 0 Å². The van der Waals surface area contributed by atoms with Gasteiger partial charge in [0, 0.05) is 22.5 Å². The van der Waals surface area contributed by atoms with Crippen molar-refractivity contribution in [2.75, 3.05) is 4.90 Å². The van der Waals surface area contributed by atoms with E-state index in [1.807, 2.05) is 0 Å². The standard InChI is InChI=1S/C35H33N/c1-24-11-18-29(19-12-24)36(30-20-13-25(2)14-21-30)27(4)16-15-26(3)28-17-22-32-31-9-7-8-10-33(31)35(5,6)34(32)23-28/h7-23H,3-4H2,1-2,5-6H3. The number of hydrogen-bond acceptors (Lipinski definition) is 1. The summed E-state index contributed by atoms with van der Waals surface area (Å²) in [4.78, 5) is 2.19. The first kappa shape index (κ1) is 23.6. The van der Waals surface area contributed by atoms with Crippen LogP contribution in [0, 0.1) is 13.8 Å². The summed E-state index contributed by atoms with van der Waals surface area (Å²) < 4.78 is 0. The van der Waals surface area contributed by atoms with Crippen LogP contribution in [0.4, 0.5) is 11.4 Å². The second-order valence-corrected chi connectivity index (χ2v) is 10.3.